The Morgan fingerprint density at radius 3 is 2.50 bits per heavy atom. The Morgan fingerprint density at radius 2 is 1.88 bits per heavy atom. The van der Waals surface area contributed by atoms with E-state index in [1.807, 2.05) is 30.3 Å². The number of nitrogens with one attached hydrogen (secondary N) is 1. The van der Waals surface area contributed by atoms with E-state index in [-0.39, 0.29) is 11.8 Å². The molecule has 2 rings (SSSR count). The number of carbonyl (C=O) groups is 2. The molecule has 24 heavy (non-hydrogen) atoms. The van der Waals surface area contributed by atoms with Crippen LogP contribution in [-0.4, -0.2) is 46.2 Å². The summed E-state index contributed by atoms with van der Waals surface area (Å²) in [4.78, 5) is 25.1. The molecule has 1 heterocycles. The molecule has 0 aliphatic carbocycles. The zero-order valence-corrected chi connectivity index (χ0v) is 13.9. The van der Waals surface area contributed by atoms with Crippen molar-refractivity contribution < 1.29 is 19.9 Å². The summed E-state index contributed by atoms with van der Waals surface area (Å²) in [6.45, 7) is 1.31. The molecule has 0 bridgehead atoms. The van der Waals surface area contributed by atoms with Gasteiger partial charge in [-0.3, -0.25) is 14.8 Å². The molecule has 0 spiro atoms. The Kier molecular flexibility index (Phi) is 7.21. The first-order valence-electron chi connectivity index (χ1n) is 8.54. The third-order valence-corrected chi connectivity index (χ3v) is 4.62. The van der Waals surface area contributed by atoms with Crippen LogP contribution in [0, 0.1) is 5.92 Å². The van der Waals surface area contributed by atoms with Gasteiger partial charge in [-0.25, -0.2) is 5.48 Å². The molecule has 2 amide bonds. The van der Waals surface area contributed by atoms with E-state index in [1.54, 1.807) is 10.4 Å². The Morgan fingerprint density at radius 1 is 1.21 bits per heavy atom. The van der Waals surface area contributed by atoms with Crippen molar-refractivity contribution in [2.75, 3.05) is 13.1 Å². The first-order valence-corrected chi connectivity index (χ1v) is 8.54. The summed E-state index contributed by atoms with van der Waals surface area (Å²) < 4.78 is 0. The SMILES string of the molecule is O=C(CCCC1CCN(C(=O)C(O)Cc2ccccc2)CC1)NO. The molecule has 0 radical (unpaired) electrons. The monoisotopic (exact) mass is 334 g/mol. The highest BCUT2D eigenvalue weighted by molar-refractivity contribution is 5.81. The van der Waals surface area contributed by atoms with Gasteiger partial charge in [0.05, 0.1) is 0 Å². The van der Waals surface area contributed by atoms with Gasteiger partial charge in [0.1, 0.15) is 6.10 Å². The fraction of sp³-hybridized carbons (Fsp3) is 0.556. The number of rotatable bonds is 7. The van der Waals surface area contributed by atoms with Crippen LogP contribution in [0.4, 0.5) is 0 Å². The maximum Gasteiger partial charge on any atom is 0.251 e. The van der Waals surface area contributed by atoms with Crippen LogP contribution < -0.4 is 5.48 Å². The van der Waals surface area contributed by atoms with Crippen LogP contribution in [0.2, 0.25) is 0 Å². The first kappa shape index (κ1) is 18.4. The number of hydrogen-bond acceptors (Lipinski definition) is 4. The predicted molar refractivity (Wildman–Crippen MR) is 89.2 cm³/mol. The van der Waals surface area contributed by atoms with Gasteiger partial charge < -0.3 is 10.0 Å². The molecule has 1 atom stereocenters. The van der Waals surface area contributed by atoms with Gasteiger partial charge in [-0.1, -0.05) is 30.3 Å². The Labute approximate surface area is 142 Å². The Hall–Kier alpha value is -1.92. The molecular weight excluding hydrogens is 308 g/mol. The van der Waals surface area contributed by atoms with Crippen molar-refractivity contribution >= 4 is 11.8 Å². The maximum absolute atomic E-state index is 12.3. The molecule has 1 saturated heterocycles. The minimum absolute atomic E-state index is 0.197. The first-order chi connectivity index (χ1) is 11.6. The van der Waals surface area contributed by atoms with Crippen molar-refractivity contribution in [1.29, 1.82) is 0 Å². The highest BCUT2D eigenvalue weighted by atomic mass is 16.5. The number of carbonyl (C=O) groups excluding carboxylic acids is 2. The van der Waals surface area contributed by atoms with Crippen LogP contribution in [0.15, 0.2) is 30.3 Å². The van der Waals surface area contributed by atoms with E-state index in [4.69, 9.17) is 5.21 Å². The minimum Gasteiger partial charge on any atom is -0.383 e. The number of benzene rings is 1. The second kappa shape index (κ2) is 9.39. The number of piperidine rings is 1. The van der Waals surface area contributed by atoms with Crippen molar-refractivity contribution in [1.82, 2.24) is 10.4 Å². The largest absolute Gasteiger partial charge is 0.383 e. The van der Waals surface area contributed by atoms with E-state index in [2.05, 4.69) is 0 Å². The molecule has 6 nitrogen and oxygen atoms in total. The van der Waals surface area contributed by atoms with Gasteiger partial charge in [0.15, 0.2) is 0 Å². The summed E-state index contributed by atoms with van der Waals surface area (Å²) in [5, 5.41) is 18.6. The smallest absolute Gasteiger partial charge is 0.251 e. The summed E-state index contributed by atoms with van der Waals surface area (Å²) >= 11 is 0. The number of aliphatic hydroxyl groups excluding tert-OH is 1. The third-order valence-electron chi connectivity index (χ3n) is 4.62. The van der Waals surface area contributed by atoms with E-state index in [0.29, 0.717) is 31.8 Å². The fourth-order valence-electron chi connectivity index (χ4n) is 3.18. The molecule has 1 fully saturated rings. The van der Waals surface area contributed by atoms with E-state index < -0.39 is 6.10 Å². The molecule has 0 aromatic heterocycles. The quantitative estimate of drug-likeness (QED) is 0.521. The van der Waals surface area contributed by atoms with Gasteiger partial charge in [-0.2, -0.15) is 0 Å². The van der Waals surface area contributed by atoms with Crippen LogP contribution in [0.25, 0.3) is 0 Å². The topological polar surface area (TPSA) is 89.9 Å². The lowest BCUT2D eigenvalue weighted by Crippen LogP contribution is -2.44. The number of hydrogen-bond donors (Lipinski definition) is 3. The summed E-state index contributed by atoms with van der Waals surface area (Å²) in [6, 6.07) is 9.52. The number of amides is 2. The third kappa shape index (κ3) is 5.62. The van der Waals surface area contributed by atoms with Gasteiger partial charge in [0.25, 0.3) is 5.91 Å². The minimum atomic E-state index is -0.989. The van der Waals surface area contributed by atoms with Crippen molar-refractivity contribution in [2.45, 2.75) is 44.6 Å². The van der Waals surface area contributed by atoms with Gasteiger partial charge in [-0.05, 0) is 37.2 Å². The summed E-state index contributed by atoms with van der Waals surface area (Å²) in [6.07, 6.45) is 3.12. The lowest BCUT2D eigenvalue weighted by atomic mass is 9.91. The van der Waals surface area contributed by atoms with E-state index in [9.17, 15) is 14.7 Å². The number of hydroxylamine groups is 1. The average Bonchev–Trinajstić information content (AvgIpc) is 2.62. The van der Waals surface area contributed by atoms with Crippen LogP contribution in [0.3, 0.4) is 0 Å². The highest BCUT2D eigenvalue weighted by Crippen LogP contribution is 2.23. The Balaban J connectivity index is 1.71. The van der Waals surface area contributed by atoms with Crippen LogP contribution in [0.1, 0.15) is 37.7 Å². The maximum atomic E-state index is 12.3. The molecule has 1 aromatic rings. The van der Waals surface area contributed by atoms with Crippen LogP contribution in [0.5, 0.6) is 0 Å². The molecule has 1 aliphatic heterocycles. The van der Waals surface area contributed by atoms with Crippen molar-refractivity contribution in [2.24, 2.45) is 5.92 Å². The Bertz CT molecular complexity index is 527. The van der Waals surface area contributed by atoms with Gasteiger partial charge in [-0.15, -0.1) is 0 Å². The molecule has 1 aliphatic rings. The normalized spacial score (nSPS) is 16.7. The molecule has 0 saturated carbocycles. The standard InChI is InChI=1S/C18H26N2O4/c21-16(13-15-5-2-1-3-6-15)18(23)20-11-9-14(10-12-20)7-4-8-17(22)19-24/h1-3,5-6,14,16,21,24H,4,7-13H2,(H,19,22). The summed E-state index contributed by atoms with van der Waals surface area (Å²) in [5.74, 6) is -0.0598. The van der Waals surface area contributed by atoms with Gasteiger partial charge in [0.2, 0.25) is 5.91 Å². The molecule has 1 unspecified atom stereocenters. The molecule has 3 N–H and O–H groups in total. The molecule has 132 valence electrons. The van der Waals surface area contributed by atoms with Crippen LogP contribution in [-0.2, 0) is 16.0 Å². The lowest BCUT2D eigenvalue weighted by molar-refractivity contribution is -0.141. The number of aliphatic hydroxyl groups is 1. The predicted octanol–water partition coefficient (Wildman–Crippen LogP) is 1.50. The highest BCUT2D eigenvalue weighted by Gasteiger charge is 2.27. The van der Waals surface area contributed by atoms with Crippen molar-refractivity contribution in [3.05, 3.63) is 35.9 Å². The lowest BCUT2D eigenvalue weighted by Gasteiger charge is -2.33. The van der Waals surface area contributed by atoms with Crippen LogP contribution >= 0.6 is 0 Å². The number of nitrogens with zero attached hydrogens (tertiary/aromatic N) is 1. The molecule has 1 aromatic carbocycles. The second-order valence-corrected chi connectivity index (χ2v) is 6.40. The zero-order valence-electron chi connectivity index (χ0n) is 13.9. The summed E-state index contributed by atoms with van der Waals surface area (Å²) in [7, 11) is 0. The number of likely N-dealkylation sites (tertiary alicyclic amines) is 1. The summed E-state index contributed by atoms with van der Waals surface area (Å²) in [5.41, 5.74) is 2.59. The molecule has 6 heteroatoms. The van der Waals surface area contributed by atoms with Crippen molar-refractivity contribution in [3.8, 4) is 0 Å². The second-order valence-electron chi connectivity index (χ2n) is 6.40. The fourth-order valence-corrected chi connectivity index (χ4v) is 3.18. The zero-order chi connectivity index (χ0) is 17.4. The van der Waals surface area contributed by atoms with E-state index >= 15 is 0 Å². The molecular formula is C18H26N2O4. The average molecular weight is 334 g/mol. The van der Waals surface area contributed by atoms with E-state index in [0.717, 1.165) is 31.2 Å². The van der Waals surface area contributed by atoms with E-state index in [1.165, 1.54) is 0 Å². The van der Waals surface area contributed by atoms with Crippen molar-refractivity contribution in [3.63, 3.8) is 0 Å². The van der Waals surface area contributed by atoms with Gasteiger partial charge >= 0.3 is 0 Å². The van der Waals surface area contributed by atoms with Gasteiger partial charge in [0, 0.05) is 25.9 Å².